The normalized spacial score (nSPS) is 10.2. The van der Waals surface area contributed by atoms with Gasteiger partial charge in [0.25, 0.3) is 0 Å². The Balaban J connectivity index is 0.000000608. The summed E-state index contributed by atoms with van der Waals surface area (Å²) >= 11 is 0. The van der Waals surface area contributed by atoms with Gasteiger partial charge in [0.15, 0.2) is 17.2 Å². The number of hydrogen-bond donors (Lipinski definition) is 3. The van der Waals surface area contributed by atoms with E-state index in [2.05, 4.69) is 20.8 Å². The van der Waals surface area contributed by atoms with Crippen LogP contribution in [0.25, 0.3) is 0 Å². The number of hydrogen-bond acceptors (Lipinski definition) is 6. The fraction of sp³-hybridized carbons (Fsp3) is 0.545. The third kappa shape index (κ3) is 13.5. The third-order valence-corrected chi connectivity index (χ3v) is 7.25. The van der Waals surface area contributed by atoms with E-state index < -0.39 is 0 Å². The predicted molar refractivity (Wildman–Crippen MR) is 176 cm³/mol. The van der Waals surface area contributed by atoms with Gasteiger partial charge in [0.1, 0.15) is 0 Å². The SMILES string of the molecule is CCCCCn1ccc(=O)c(O)c1C.CCCCCn1ccc(=O)c(O)c1C.CCCCCn1ccc(=O)c(O)c1C.[In]. The molecule has 0 bridgehead atoms. The molecule has 3 radical (unpaired) electrons. The first-order chi connectivity index (χ1) is 20.0. The molecule has 43 heavy (non-hydrogen) atoms. The fourth-order valence-corrected chi connectivity index (χ4v) is 4.31. The van der Waals surface area contributed by atoms with Crippen LogP contribution in [-0.4, -0.2) is 54.9 Å². The molecule has 0 atom stereocenters. The van der Waals surface area contributed by atoms with Gasteiger partial charge in [-0.3, -0.25) is 14.4 Å². The van der Waals surface area contributed by atoms with Crippen LogP contribution in [0.5, 0.6) is 17.2 Å². The van der Waals surface area contributed by atoms with E-state index in [-0.39, 0.29) is 59.4 Å². The summed E-state index contributed by atoms with van der Waals surface area (Å²) in [5.74, 6) is -0.364. The predicted octanol–water partition coefficient (Wildman–Crippen LogP) is 5.78. The molecule has 0 spiro atoms. The summed E-state index contributed by atoms with van der Waals surface area (Å²) in [5.41, 5.74) is 1.09. The zero-order chi connectivity index (χ0) is 31.7. The van der Waals surface area contributed by atoms with E-state index in [4.69, 9.17) is 0 Å². The average molecular weight is 701 g/mol. The summed E-state index contributed by atoms with van der Waals surface area (Å²) in [7, 11) is 0. The molecule has 0 unspecified atom stereocenters. The van der Waals surface area contributed by atoms with Crippen molar-refractivity contribution >= 4 is 25.8 Å². The molecule has 9 nitrogen and oxygen atoms in total. The smallest absolute Gasteiger partial charge is 0.223 e. The Kier molecular flexibility index (Phi) is 20.3. The summed E-state index contributed by atoms with van der Waals surface area (Å²) in [5, 5.41) is 28.2. The van der Waals surface area contributed by atoms with Crippen LogP contribution in [-0.2, 0) is 19.6 Å². The Morgan fingerprint density at radius 1 is 0.488 bits per heavy atom. The van der Waals surface area contributed by atoms with Gasteiger partial charge in [0.05, 0.1) is 17.1 Å². The molecule has 3 rings (SSSR count). The minimum Gasteiger partial charge on any atom is -0.503 e. The van der Waals surface area contributed by atoms with E-state index >= 15 is 0 Å². The topological polar surface area (TPSA) is 127 Å². The summed E-state index contributed by atoms with van der Waals surface area (Å²) in [4.78, 5) is 33.2. The first kappa shape index (κ1) is 40.1. The van der Waals surface area contributed by atoms with E-state index in [1.54, 1.807) is 39.4 Å². The van der Waals surface area contributed by atoms with Crippen LogP contribution < -0.4 is 16.3 Å². The molecule has 0 saturated heterocycles. The average Bonchev–Trinajstić information content (AvgIpc) is 2.98. The van der Waals surface area contributed by atoms with Crippen LogP contribution in [0.15, 0.2) is 51.2 Å². The van der Waals surface area contributed by atoms with Crippen LogP contribution in [0.1, 0.15) is 95.6 Å². The number of aromatic nitrogens is 3. The maximum atomic E-state index is 11.1. The van der Waals surface area contributed by atoms with Crippen molar-refractivity contribution in [3.63, 3.8) is 0 Å². The second-order valence-electron chi connectivity index (χ2n) is 10.5. The molecule has 0 aliphatic heterocycles. The summed E-state index contributed by atoms with van der Waals surface area (Å²) < 4.78 is 5.77. The molecule has 0 amide bonds. The molecular weight excluding hydrogens is 649 g/mol. The van der Waals surface area contributed by atoms with Crippen LogP contribution in [0, 0.1) is 20.8 Å². The molecule has 3 heterocycles. The van der Waals surface area contributed by atoms with Gasteiger partial charge in [0.2, 0.25) is 16.3 Å². The Bertz CT molecular complexity index is 1240. The molecule has 0 aliphatic rings. The molecule has 237 valence electrons. The number of nitrogens with zero attached hydrogens (tertiary/aromatic N) is 3. The molecule has 3 N–H and O–H groups in total. The molecule has 3 aromatic rings. The molecule has 0 aromatic carbocycles. The maximum absolute atomic E-state index is 11.1. The van der Waals surface area contributed by atoms with Crippen molar-refractivity contribution in [1.82, 2.24) is 13.7 Å². The van der Waals surface area contributed by atoms with Gasteiger partial charge in [-0.15, -0.1) is 0 Å². The second kappa shape index (κ2) is 21.8. The van der Waals surface area contributed by atoms with Crippen molar-refractivity contribution in [1.29, 1.82) is 0 Å². The van der Waals surface area contributed by atoms with E-state index in [1.807, 2.05) is 13.7 Å². The second-order valence-corrected chi connectivity index (χ2v) is 10.5. The summed E-state index contributed by atoms with van der Waals surface area (Å²) in [6.07, 6.45) is 15.5. The first-order valence-corrected chi connectivity index (χ1v) is 15.2. The van der Waals surface area contributed by atoms with Crippen molar-refractivity contribution < 1.29 is 15.3 Å². The minimum absolute atomic E-state index is 0. The molecule has 10 heteroatoms. The van der Waals surface area contributed by atoms with Gasteiger partial charge in [-0.2, -0.15) is 0 Å². The van der Waals surface area contributed by atoms with Gasteiger partial charge in [0, 0.05) is 82.3 Å². The monoisotopic (exact) mass is 700 g/mol. The zero-order valence-electron chi connectivity index (χ0n) is 26.9. The van der Waals surface area contributed by atoms with Crippen LogP contribution in [0.3, 0.4) is 0 Å². The van der Waals surface area contributed by atoms with Crippen molar-refractivity contribution in [2.75, 3.05) is 0 Å². The van der Waals surface area contributed by atoms with Gasteiger partial charge in [-0.05, 0) is 40.0 Å². The molecule has 0 fully saturated rings. The number of unbranched alkanes of at least 4 members (excludes halogenated alkanes) is 6. The van der Waals surface area contributed by atoms with E-state index in [0.29, 0.717) is 17.1 Å². The van der Waals surface area contributed by atoms with Gasteiger partial charge < -0.3 is 29.0 Å². The number of aromatic hydroxyl groups is 3. The Labute approximate surface area is 274 Å². The van der Waals surface area contributed by atoms with Crippen molar-refractivity contribution in [3.05, 3.63) is 84.5 Å². The fourth-order valence-electron chi connectivity index (χ4n) is 4.31. The van der Waals surface area contributed by atoms with E-state index in [1.165, 1.54) is 56.7 Å². The minimum atomic E-state index is -0.297. The van der Waals surface area contributed by atoms with Gasteiger partial charge in [-0.1, -0.05) is 59.3 Å². The van der Waals surface area contributed by atoms with Crippen molar-refractivity contribution in [3.8, 4) is 17.2 Å². The molecule has 3 aromatic heterocycles. The Morgan fingerprint density at radius 3 is 0.930 bits per heavy atom. The molecule has 0 saturated carbocycles. The third-order valence-electron chi connectivity index (χ3n) is 7.25. The quantitative estimate of drug-likeness (QED) is 0.206. The van der Waals surface area contributed by atoms with Crippen LogP contribution >= 0.6 is 0 Å². The zero-order valence-corrected chi connectivity index (χ0v) is 30.2. The van der Waals surface area contributed by atoms with Crippen molar-refractivity contribution in [2.45, 2.75) is 119 Å². The standard InChI is InChI=1S/3C11H17NO2.In/c3*1-3-4-5-7-12-8-6-10(13)11(14)9(12)2;/h3*6,8,14H,3-5,7H2,1-2H3;. The van der Waals surface area contributed by atoms with Gasteiger partial charge in [-0.25, -0.2) is 0 Å². The van der Waals surface area contributed by atoms with Crippen molar-refractivity contribution in [2.24, 2.45) is 0 Å². The molecule has 0 aliphatic carbocycles. The van der Waals surface area contributed by atoms with E-state index in [0.717, 1.165) is 38.9 Å². The van der Waals surface area contributed by atoms with E-state index in [9.17, 15) is 29.7 Å². The number of rotatable bonds is 12. The van der Waals surface area contributed by atoms with Crippen LogP contribution in [0.2, 0.25) is 0 Å². The maximum Gasteiger partial charge on any atom is 0.223 e. The van der Waals surface area contributed by atoms with Gasteiger partial charge >= 0.3 is 0 Å². The Hall–Kier alpha value is -2.88. The number of pyridine rings is 3. The Morgan fingerprint density at radius 2 is 0.721 bits per heavy atom. The summed E-state index contributed by atoms with van der Waals surface area (Å²) in [6, 6.07) is 4.23. The molecular formula is C33H51InN3O6. The van der Waals surface area contributed by atoms with Crippen LogP contribution in [0.4, 0.5) is 0 Å². The first-order valence-electron chi connectivity index (χ1n) is 15.2. The summed E-state index contributed by atoms with van der Waals surface area (Å²) in [6.45, 7) is 14.4. The number of aryl methyl sites for hydroxylation is 3. The largest absolute Gasteiger partial charge is 0.503 e.